The minimum Gasteiger partial charge on any atom is -0.0932 e. The fraction of sp³-hybridized carbons (Fsp3) is 0.636. The van der Waals surface area contributed by atoms with Gasteiger partial charge in [-0.3, -0.25) is 0 Å². The standard InChI is InChI=1S/C11H20Si/c1-9(2)11(10(3)4)12-7-5-6-8-12/h5-12H,1-4H3. The van der Waals surface area contributed by atoms with Crippen molar-refractivity contribution in [2.24, 2.45) is 11.8 Å². The van der Waals surface area contributed by atoms with E-state index < -0.39 is 8.80 Å². The average Bonchev–Trinajstić information content (AvgIpc) is 2.37. The van der Waals surface area contributed by atoms with Crippen molar-refractivity contribution >= 4 is 8.80 Å². The zero-order valence-electron chi connectivity index (χ0n) is 8.62. The molecule has 0 atom stereocenters. The number of hydrogen-bond acceptors (Lipinski definition) is 0. The lowest BCUT2D eigenvalue weighted by molar-refractivity contribution is 0.462. The molecule has 1 rings (SSSR count). The lowest BCUT2D eigenvalue weighted by Crippen LogP contribution is -2.24. The van der Waals surface area contributed by atoms with E-state index in [4.69, 9.17) is 0 Å². The van der Waals surface area contributed by atoms with E-state index in [1.165, 1.54) is 0 Å². The first kappa shape index (κ1) is 9.78. The van der Waals surface area contributed by atoms with E-state index in [0.29, 0.717) is 0 Å². The molecule has 0 aromatic rings. The van der Waals surface area contributed by atoms with E-state index in [2.05, 4.69) is 51.2 Å². The predicted octanol–water partition coefficient (Wildman–Crippen LogP) is 3.10. The first-order valence-corrected chi connectivity index (χ1v) is 6.98. The quantitative estimate of drug-likeness (QED) is 0.586. The Hall–Kier alpha value is -0.303. The Labute approximate surface area is 78.0 Å². The van der Waals surface area contributed by atoms with E-state index in [-0.39, 0.29) is 0 Å². The normalized spacial score (nSPS) is 17.6. The molecule has 0 bridgehead atoms. The van der Waals surface area contributed by atoms with Crippen LogP contribution < -0.4 is 0 Å². The molecule has 1 heteroatoms. The van der Waals surface area contributed by atoms with Gasteiger partial charge in [-0.05, 0) is 17.4 Å². The molecule has 0 saturated heterocycles. The number of rotatable bonds is 3. The van der Waals surface area contributed by atoms with Gasteiger partial charge >= 0.3 is 0 Å². The maximum Gasteiger partial charge on any atom is 0.0887 e. The maximum absolute atomic E-state index is 2.46. The van der Waals surface area contributed by atoms with E-state index in [0.717, 1.165) is 17.4 Å². The van der Waals surface area contributed by atoms with Crippen LogP contribution in [0, 0.1) is 11.8 Å². The Morgan fingerprint density at radius 3 is 1.58 bits per heavy atom. The molecule has 0 unspecified atom stereocenters. The van der Waals surface area contributed by atoms with E-state index >= 15 is 0 Å². The molecule has 0 nitrogen and oxygen atoms in total. The molecule has 0 fully saturated rings. The second-order valence-electron chi connectivity index (χ2n) is 4.41. The Balaban J connectivity index is 2.65. The molecule has 68 valence electrons. The van der Waals surface area contributed by atoms with Crippen LogP contribution in [0.3, 0.4) is 0 Å². The fourth-order valence-electron chi connectivity index (χ4n) is 2.36. The lowest BCUT2D eigenvalue weighted by Gasteiger charge is -2.27. The molecule has 0 amide bonds. The van der Waals surface area contributed by atoms with Gasteiger partial charge in [-0.25, -0.2) is 0 Å². The van der Waals surface area contributed by atoms with Gasteiger partial charge in [-0.15, -0.1) is 0 Å². The van der Waals surface area contributed by atoms with Crippen LogP contribution in [-0.2, 0) is 0 Å². The van der Waals surface area contributed by atoms with Gasteiger partial charge in [0.1, 0.15) is 0 Å². The second-order valence-corrected chi connectivity index (χ2v) is 7.11. The van der Waals surface area contributed by atoms with Crippen molar-refractivity contribution in [3.8, 4) is 0 Å². The van der Waals surface area contributed by atoms with Crippen molar-refractivity contribution in [3.63, 3.8) is 0 Å². The van der Waals surface area contributed by atoms with E-state index in [1.807, 2.05) is 0 Å². The summed E-state index contributed by atoms with van der Waals surface area (Å²) >= 11 is 0. The Morgan fingerprint density at radius 2 is 1.25 bits per heavy atom. The topological polar surface area (TPSA) is 0 Å². The summed E-state index contributed by atoms with van der Waals surface area (Å²) in [5, 5.41) is 0. The third kappa shape index (κ3) is 2.10. The molecule has 0 radical (unpaired) electrons. The smallest absolute Gasteiger partial charge is 0.0887 e. The van der Waals surface area contributed by atoms with Gasteiger partial charge in [0, 0.05) is 0 Å². The molecule has 0 aromatic carbocycles. The molecule has 1 aliphatic rings. The fourth-order valence-corrected chi connectivity index (χ4v) is 5.55. The molecule has 1 aliphatic heterocycles. The number of allylic oxidation sites excluding steroid dienone is 2. The van der Waals surface area contributed by atoms with Gasteiger partial charge in [0.15, 0.2) is 0 Å². The van der Waals surface area contributed by atoms with Crippen LogP contribution >= 0.6 is 0 Å². The highest BCUT2D eigenvalue weighted by molar-refractivity contribution is 6.71. The van der Waals surface area contributed by atoms with Crippen molar-refractivity contribution in [1.29, 1.82) is 0 Å². The Bertz CT molecular complexity index is 169. The van der Waals surface area contributed by atoms with E-state index in [9.17, 15) is 0 Å². The van der Waals surface area contributed by atoms with Crippen molar-refractivity contribution in [3.05, 3.63) is 23.6 Å². The first-order valence-electron chi connectivity index (χ1n) is 4.98. The second kappa shape index (κ2) is 4.08. The molecule has 1 heterocycles. The molecule has 0 spiro atoms. The molecular weight excluding hydrogens is 160 g/mol. The van der Waals surface area contributed by atoms with Crippen LogP contribution in [-0.4, -0.2) is 8.80 Å². The van der Waals surface area contributed by atoms with Gasteiger partial charge in [-0.1, -0.05) is 51.2 Å². The zero-order chi connectivity index (χ0) is 9.14. The van der Waals surface area contributed by atoms with Crippen LogP contribution in [0.5, 0.6) is 0 Å². The molecule has 12 heavy (non-hydrogen) atoms. The monoisotopic (exact) mass is 180 g/mol. The zero-order valence-corrected chi connectivity index (χ0v) is 9.77. The summed E-state index contributed by atoms with van der Waals surface area (Å²) in [6.07, 6.45) is 4.46. The molecular formula is C11H20Si. The summed E-state index contributed by atoms with van der Waals surface area (Å²) in [6.45, 7) is 9.44. The van der Waals surface area contributed by atoms with Crippen molar-refractivity contribution in [1.82, 2.24) is 0 Å². The van der Waals surface area contributed by atoms with Crippen LogP contribution in [0.15, 0.2) is 23.6 Å². The average molecular weight is 180 g/mol. The molecule has 0 aromatic heterocycles. The van der Waals surface area contributed by atoms with E-state index in [1.54, 1.807) is 0 Å². The molecule has 0 aliphatic carbocycles. The largest absolute Gasteiger partial charge is 0.0932 e. The third-order valence-corrected chi connectivity index (χ3v) is 6.52. The van der Waals surface area contributed by atoms with Crippen LogP contribution in [0.1, 0.15) is 27.7 Å². The summed E-state index contributed by atoms with van der Waals surface area (Å²) in [6, 6.07) is 0. The lowest BCUT2D eigenvalue weighted by atomic mass is 10.00. The number of hydrogen-bond donors (Lipinski definition) is 0. The minimum atomic E-state index is -0.673. The SMILES string of the molecule is CC(C)C(C(C)C)[SiH]1C=CC=C1. The minimum absolute atomic E-state index is 0.673. The summed E-state index contributed by atoms with van der Waals surface area (Å²) in [5.41, 5.74) is 5.87. The third-order valence-electron chi connectivity index (χ3n) is 2.76. The Morgan fingerprint density at radius 1 is 0.833 bits per heavy atom. The Kier molecular flexibility index (Phi) is 3.33. The van der Waals surface area contributed by atoms with Crippen molar-refractivity contribution < 1.29 is 0 Å². The van der Waals surface area contributed by atoms with Crippen LogP contribution in [0.25, 0.3) is 0 Å². The van der Waals surface area contributed by atoms with Gasteiger partial charge in [0.2, 0.25) is 0 Å². The van der Waals surface area contributed by atoms with Gasteiger partial charge in [-0.2, -0.15) is 0 Å². The van der Waals surface area contributed by atoms with Gasteiger partial charge in [0.05, 0.1) is 8.80 Å². The summed E-state index contributed by atoms with van der Waals surface area (Å²) in [7, 11) is -0.673. The van der Waals surface area contributed by atoms with Crippen molar-refractivity contribution in [2.45, 2.75) is 33.2 Å². The summed E-state index contributed by atoms with van der Waals surface area (Å²) in [5.74, 6) is 1.68. The van der Waals surface area contributed by atoms with Crippen LogP contribution in [0.2, 0.25) is 5.54 Å². The van der Waals surface area contributed by atoms with Crippen LogP contribution in [0.4, 0.5) is 0 Å². The van der Waals surface area contributed by atoms with Crippen molar-refractivity contribution in [2.75, 3.05) is 0 Å². The summed E-state index contributed by atoms with van der Waals surface area (Å²) in [4.78, 5) is 0. The summed E-state index contributed by atoms with van der Waals surface area (Å²) < 4.78 is 0. The highest BCUT2D eigenvalue weighted by Crippen LogP contribution is 2.32. The highest BCUT2D eigenvalue weighted by Gasteiger charge is 2.25. The first-order chi connectivity index (χ1) is 5.63. The predicted molar refractivity (Wildman–Crippen MR) is 58.9 cm³/mol. The molecule has 0 saturated carbocycles. The molecule has 0 N–H and O–H groups in total. The van der Waals surface area contributed by atoms with Gasteiger partial charge in [0.25, 0.3) is 0 Å². The maximum atomic E-state index is 2.46. The highest BCUT2D eigenvalue weighted by atomic mass is 28.3. The van der Waals surface area contributed by atoms with Gasteiger partial charge < -0.3 is 0 Å².